The summed E-state index contributed by atoms with van der Waals surface area (Å²) in [4.78, 5) is 29.8. The number of piperazine rings is 1. The molecule has 0 atom stereocenters. The third kappa shape index (κ3) is 4.30. The summed E-state index contributed by atoms with van der Waals surface area (Å²) in [6, 6.07) is 3.40. The first-order chi connectivity index (χ1) is 17.5. The van der Waals surface area contributed by atoms with Crippen molar-refractivity contribution >= 4 is 45.3 Å². The minimum absolute atomic E-state index is 0.198. The maximum absolute atomic E-state index is 14.1. The van der Waals surface area contributed by atoms with Crippen molar-refractivity contribution in [3.8, 4) is 22.6 Å². The van der Waals surface area contributed by atoms with Crippen molar-refractivity contribution in [1.29, 1.82) is 0 Å². The number of H-pyrrole nitrogens is 2. The Hall–Kier alpha value is -2.85. The summed E-state index contributed by atoms with van der Waals surface area (Å²) in [7, 11) is 3.02. The third-order valence-corrected chi connectivity index (χ3v) is 7.70. The fourth-order valence-corrected chi connectivity index (χ4v) is 5.59. The van der Waals surface area contributed by atoms with Gasteiger partial charge in [-0.25, -0.2) is 4.98 Å². The highest BCUT2D eigenvalue weighted by Crippen LogP contribution is 2.45. The molecule has 2 N–H and O–H groups in total. The summed E-state index contributed by atoms with van der Waals surface area (Å²) in [5.41, 5.74) is 2.78. The minimum Gasteiger partial charge on any atom is -0.495 e. The van der Waals surface area contributed by atoms with Crippen LogP contribution in [0.2, 0.25) is 10.0 Å². The Kier molecular flexibility index (Phi) is 7.07. The van der Waals surface area contributed by atoms with Gasteiger partial charge in [0.15, 0.2) is 11.8 Å². The van der Waals surface area contributed by atoms with Gasteiger partial charge < -0.3 is 18.9 Å². The zero-order valence-electron chi connectivity index (χ0n) is 20.5. The van der Waals surface area contributed by atoms with E-state index in [1.165, 1.54) is 14.2 Å². The molecule has 1 aromatic carbocycles. The summed E-state index contributed by atoms with van der Waals surface area (Å²) in [5, 5.41) is 1.30. The lowest BCUT2D eigenvalue weighted by atomic mass is 10.0. The molecule has 0 saturated carbocycles. The lowest BCUT2D eigenvalue weighted by Gasteiger charge is -2.34. The molecule has 1 aliphatic rings. The van der Waals surface area contributed by atoms with Crippen LogP contribution in [0.4, 0.5) is 0 Å². The molecule has 1 fully saturated rings. The Morgan fingerprint density at radius 3 is 2.33 bits per heavy atom. The lowest BCUT2D eigenvalue weighted by Crippen LogP contribution is -2.47. The lowest BCUT2D eigenvalue weighted by molar-refractivity contribution is -0.347. The Morgan fingerprint density at radius 2 is 1.69 bits per heavy atom. The van der Waals surface area contributed by atoms with E-state index in [2.05, 4.69) is 31.7 Å². The first-order valence-electron chi connectivity index (χ1n) is 11.9. The van der Waals surface area contributed by atoms with Crippen molar-refractivity contribution in [1.82, 2.24) is 24.3 Å². The standard InChI is InChI=1S/C25H28Cl2N6O3/c1-4-31-5-7-32(8-6-31)9-10-33-23-15(13-28-24-22(23)29-14-30-24)11-16(25(33)34)19-20(26)17(35-2)12-18(36-3)21(19)27/h11-14H,4-10H2,1-3H3,(H,28,29,30)/p+1. The highest BCUT2D eigenvalue weighted by atomic mass is 35.5. The predicted octanol–water partition coefficient (Wildman–Crippen LogP) is 3.32. The van der Waals surface area contributed by atoms with Gasteiger partial charge in [0.2, 0.25) is 0 Å². The number of hydrogen-bond donors (Lipinski definition) is 1. The molecular weight excluding hydrogens is 503 g/mol. The number of ether oxygens (including phenoxy) is 2. The van der Waals surface area contributed by atoms with Gasteiger partial charge in [0.05, 0.1) is 29.8 Å². The van der Waals surface area contributed by atoms with Gasteiger partial charge in [-0.2, -0.15) is 0 Å². The van der Waals surface area contributed by atoms with E-state index in [0.717, 1.165) is 55.7 Å². The first-order valence-corrected chi connectivity index (χ1v) is 12.7. The Balaban J connectivity index is 1.68. The quantitative estimate of drug-likeness (QED) is 0.393. The molecule has 0 aliphatic carbocycles. The average Bonchev–Trinajstić information content (AvgIpc) is 3.38. The molecule has 0 bridgehead atoms. The number of benzene rings is 1. The molecule has 36 heavy (non-hydrogen) atoms. The number of pyridine rings is 2. The molecule has 0 unspecified atom stereocenters. The number of hydrogen-bond acceptors (Lipinski definition) is 6. The summed E-state index contributed by atoms with van der Waals surface area (Å²) in [5.74, 6) is 0.751. The van der Waals surface area contributed by atoms with Crippen LogP contribution in [0.1, 0.15) is 6.92 Å². The van der Waals surface area contributed by atoms with E-state index in [1.807, 2.05) is 0 Å². The van der Waals surface area contributed by atoms with Gasteiger partial charge in [-0.1, -0.05) is 30.1 Å². The zero-order chi connectivity index (χ0) is 25.4. The normalized spacial score (nSPS) is 15.1. The van der Waals surface area contributed by atoms with E-state index in [-0.39, 0.29) is 15.6 Å². The van der Waals surface area contributed by atoms with Gasteiger partial charge in [0.25, 0.3) is 5.56 Å². The number of halogens is 2. The van der Waals surface area contributed by atoms with Gasteiger partial charge in [-0.05, 0) is 12.6 Å². The third-order valence-electron chi connectivity index (χ3n) is 6.95. The van der Waals surface area contributed by atoms with Crippen LogP contribution in [0.5, 0.6) is 11.5 Å². The molecule has 190 valence electrons. The van der Waals surface area contributed by atoms with Gasteiger partial charge in [0, 0.05) is 56.3 Å². The second-order valence-corrected chi connectivity index (χ2v) is 9.55. The highest BCUT2D eigenvalue weighted by molar-refractivity contribution is 6.41. The molecule has 4 heterocycles. The number of rotatable bonds is 7. The van der Waals surface area contributed by atoms with Crippen LogP contribution in [0, 0.1) is 0 Å². The van der Waals surface area contributed by atoms with Crippen LogP contribution in [0.15, 0.2) is 29.5 Å². The largest absolute Gasteiger partial charge is 0.495 e. The molecule has 0 amide bonds. The molecule has 4 aromatic rings. The summed E-state index contributed by atoms with van der Waals surface area (Å²) < 4.78 is 12.7. The van der Waals surface area contributed by atoms with Crippen LogP contribution < -0.4 is 20.0 Å². The maximum atomic E-state index is 14.1. The number of aromatic amines is 2. The Bertz CT molecular complexity index is 1450. The zero-order valence-corrected chi connectivity index (χ0v) is 22.0. The Morgan fingerprint density at radius 1 is 1.03 bits per heavy atom. The molecular formula is C25H29Cl2N6O3+. The van der Waals surface area contributed by atoms with E-state index < -0.39 is 0 Å². The van der Waals surface area contributed by atoms with E-state index >= 15 is 0 Å². The molecule has 0 radical (unpaired) electrons. The van der Waals surface area contributed by atoms with E-state index in [4.69, 9.17) is 32.7 Å². The Labute approximate surface area is 218 Å². The average molecular weight is 532 g/mol. The first kappa shape index (κ1) is 24.8. The van der Waals surface area contributed by atoms with Crippen LogP contribution in [0.3, 0.4) is 0 Å². The number of nitrogens with one attached hydrogen (secondary N) is 2. The number of fused-ring (bicyclic) bond motifs is 3. The predicted molar refractivity (Wildman–Crippen MR) is 142 cm³/mol. The maximum Gasteiger partial charge on any atom is 0.301 e. The fraction of sp³-hybridized carbons (Fsp3) is 0.400. The topological polar surface area (TPSA) is 89.8 Å². The van der Waals surface area contributed by atoms with Gasteiger partial charge in [-0.3, -0.25) is 14.7 Å². The number of imidazole rings is 1. The molecule has 1 saturated heterocycles. The van der Waals surface area contributed by atoms with Gasteiger partial charge in [0.1, 0.15) is 23.2 Å². The van der Waals surface area contributed by atoms with Crippen molar-refractivity contribution < 1.29 is 14.5 Å². The van der Waals surface area contributed by atoms with Crippen molar-refractivity contribution in [2.75, 3.05) is 53.5 Å². The monoisotopic (exact) mass is 531 g/mol. The highest BCUT2D eigenvalue weighted by Gasteiger charge is 2.25. The second-order valence-electron chi connectivity index (χ2n) is 8.79. The van der Waals surface area contributed by atoms with E-state index in [9.17, 15) is 4.79 Å². The number of methoxy groups -OCH3 is 2. The van der Waals surface area contributed by atoms with E-state index in [0.29, 0.717) is 34.8 Å². The SMILES string of the molecule is CCN1CCN(CCn2c(=O)c(-c3c(Cl)c(OC)cc(OC)c3Cl)cc3cnc4[nH+]c[nH]c4c32)CC1. The van der Waals surface area contributed by atoms with Crippen LogP contribution in [-0.4, -0.2) is 77.8 Å². The molecule has 1 aliphatic heterocycles. The van der Waals surface area contributed by atoms with Crippen LogP contribution in [0.25, 0.3) is 33.2 Å². The van der Waals surface area contributed by atoms with Crippen molar-refractivity contribution in [2.24, 2.45) is 0 Å². The van der Waals surface area contributed by atoms with Crippen molar-refractivity contribution in [3.05, 3.63) is 45.1 Å². The van der Waals surface area contributed by atoms with Crippen molar-refractivity contribution in [2.45, 2.75) is 13.5 Å². The number of likely N-dealkylation sites (N-methyl/N-ethyl adjacent to an activating group) is 1. The van der Waals surface area contributed by atoms with E-state index in [1.54, 1.807) is 29.2 Å². The summed E-state index contributed by atoms with van der Waals surface area (Å²) in [6.07, 6.45) is 3.46. The van der Waals surface area contributed by atoms with Gasteiger partial charge in [-0.15, -0.1) is 4.98 Å². The molecule has 3 aromatic heterocycles. The minimum atomic E-state index is -0.198. The summed E-state index contributed by atoms with van der Waals surface area (Å²) >= 11 is 13.4. The smallest absolute Gasteiger partial charge is 0.301 e. The summed E-state index contributed by atoms with van der Waals surface area (Å²) in [6.45, 7) is 8.48. The molecule has 5 rings (SSSR count). The number of nitrogens with zero attached hydrogens (tertiary/aromatic N) is 4. The molecule has 0 spiro atoms. The second kappa shape index (κ2) is 10.3. The fourth-order valence-electron chi connectivity index (χ4n) is 4.88. The molecule has 9 nitrogen and oxygen atoms in total. The molecule has 11 heteroatoms. The van der Waals surface area contributed by atoms with Crippen molar-refractivity contribution in [3.63, 3.8) is 0 Å². The van der Waals surface area contributed by atoms with Gasteiger partial charge >= 0.3 is 5.65 Å². The van der Waals surface area contributed by atoms with Crippen LogP contribution in [-0.2, 0) is 6.54 Å². The number of aromatic nitrogens is 4. The van der Waals surface area contributed by atoms with Crippen LogP contribution >= 0.6 is 23.2 Å².